The van der Waals surface area contributed by atoms with Crippen LogP contribution in [0.25, 0.3) is 5.69 Å². The summed E-state index contributed by atoms with van der Waals surface area (Å²) in [6.45, 7) is -0.350. The second kappa shape index (κ2) is 7.50. The highest BCUT2D eigenvalue weighted by Gasteiger charge is 2.36. The lowest BCUT2D eigenvalue weighted by atomic mass is 10.1. The van der Waals surface area contributed by atoms with Crippen molar-refractivity contribution < 1.29 is 19.1 Å². The van der Waals surface area contributed by atoms with Crippen LogP contribution in [0.3, 0.4) is 0 Å². The van der Waals surface area contributed by atoms with Crippen molar-refractivity contribution in [3.8, 4) is 11.4 Å². The van der Waals surface area contributed by atoms with E-state index in [1.165, 1.54) is 4.68 Å². The quantitative estimate of drug-likeness (QED) is 0.610. The number of nitrogens with zero attached hydrogens (tertiary/aromatic N) is 5. The van der Waals surface area contributed by atoms with E-state index in [1.54, 1.807) is 55.6 Å². The maximum absolute atomic E-state index is 12.3. The Labute approximate surface area is 165 Å². The second-order valence-corrected chi connectivity index (χ2v) is 6.22. The number of fused-ring (bicyclic) bond motifs is 1. The van der Waals surface area contributed by atoms with Crippen LogP contribution in [-0.4, -0.2) is 56.5 Å². The van der Waals surface area contributed by atoms with Crippen LogP contribution in [0.2, 0.25) is 0 Å². The lowest BCUT2D eigenvalue weighted by Crippen LogP contribution is -2.40. The number of carbonyl (C=O) groups is 3. The van der Waals surface area contributed by atoms with Gasteiger partial charge in [-0.1, -0.05) is 12.1 Å². The van der Waals surface area contributed by atoms with E-state index in [9.17, 15) is 14.4 Å². The van der Waals surface area contributed by atoms with Gasteiger partial charge in [0, 0.05) is 0 Å². The van der Waals surface area contributed by atoms with E-state index in [0.717, 1.165) is 4.90 Å². The Morgan fingerprint density at radius 3 is 2.31 bits per heavy atom. The summed E-state index contributed by atoms with van der Waals surface area (Å²) in [5.41, 5.74) is 1.29. The van der Waals surface area contributed by atoms with Gasteiger partial charge in [-0.3, -0.25) is 19.3 Å². The van der Waals surface area contributed by atoms with Crippen molar-refractivity contribution in [2.24, 2.45) is 0 Å². The fourth-order valence-corrected chi connectivity index (χ4v) is 3.00. The molecule has 2 heterocycles. The van der Waals surface area contributed by atoms with Gasteiger partial charge < -0.3 is 10.1 Å². The third kappa shape index (κ3) is 3.43. The molecule has 0 saturated carbocycles. The average molecular weight is 392 g/mol. The zero-order chi connectivity index (χ0) is 20.4. The molecular weight excluding hydrogens is 376 g/mol. The van der Waals surface area contributed by atoms with E-state index in [-0.39, 0.29) is 13.1 Å². The van der Waals surface area contributed by atoms with Crippen molar-refractivity contribution >= 4 is 17.7 Å². The van der Waals surface area contributed by atoms with Crippen molar-refractivity contribution in [2.45, 2.75) is 6.54 Å². The summed E-state index contributed by atoms with van der Waals surface area (Å²) >= 11 is 0. The van der Waals surface area contributed by atoms with E-state index in [0.29, 0.717) is 28.4 Å². The Balaban J connectivity index is 1.41. The molecular formula is C19H16N6O4. The van der Waals surface area contributed by atoms with Gasteiger partial charge in [0.05, 0.1) is 30.5 Å². The highest BCUT2D eigenvalue weighted by molar-refractivity contribution is 6.22. The van der Waals surface area contributed by atoms with Crippen LogP contribution in [-0.2, 0) is 11.3 Å². The zero-order valence-electron chi connectivity index (χ0n) is 15.4. The molecule has 3 aromatic rings. The molecule has 0 bridgehead atoms. The number of hydrogen-bond acceptors (Lipinski definition) is 7. The smallest absolute Gasteiger partial charge is 0.262 e. The number of nitrogens with one attached hydrogen (secondary N) is 1. The standard InChI is InChI=1S/C19H16N6O4/c1-29-13-8-6-12(7-9-13)25-16(21-22-23-25)10-20-17(26)11-24-18(27)14-4-2-3-5-15(14)19(24)28/h2-9H,10-11H2,1H3,(H,20,26). The van der Waals surface area contributed by atoms with Gasteiger partial charge in [0.15, 0.2) is 5.82 Å². The van der Waals surface area contributed by atoms with Gasteiger partial charge in [0.1, 0.15) is 12.3 Å². The van der Waals surface area contributed by atoms with Crippen molar-refractivity contribution in [3.63, 3.8) is 0 Å². The summed E-state index contributed by atoms with van der Waals surface area (Å²) in [6, 6.07) is 13.6. The molecule has 1 N–H and O–H groups in total. The van der Waals surface area contributed by atoms with Gasteiger partial charge in [-0.2, -0.15) is 4.68 Å². The SMILES string of the molecule is COc1ccc(-n2nnnc2CNC(=O)CN2C(=O)c3ccccc3C2=O)cc1. The van der Waals surface area contributed by atoms with Crippen molar-refractivity contribution in [3.05, 3.63) is 65.5 Å². The normalized spacial score (nSPS) is 12.8. The van der Waals surface area contributed by atoms with Crippen LogP contribution in [0.1, 0.15) is 26.5 Å². The third-order valence-electron chi connectivity index (χ3n) is 4.47. The molecule has 0 spiro atoms. The first-order chi connectivity index (χ1) is 14.1. The molecule has 1 aliphatic heterocycles. The number of benzene rings is 2. The average Bonchev–Trinajstić information content (AvgIpc) is 3.32. The lowest BCUT2D eigenvalue weighted by molar-refractivity contribution is -0.121. The fraction of sp³-hybridized carbons (Fsp3) is 0.158. The molecule has 10 nitrogen and oxygen atoms in total. The number of ether oxygens (including phenoxy) is 1. The van der Waals surface area contributed by atoms with Gasteiger partial charge in [0.2, 0.25) is 5.91 Å². The van der Waals surface area contributed by atoms with Gasteiger partial charge in [-0.15, -0.1) is 5.10 Å². The van der Waals surface area contributed by atoms with E-state index in [1.807, 2.05) is 0 Å². The topological polar surface area (TPSA) is 119 Å². The minimum absolute atomic E-state index is 0.0288. The highest BCUT2D eigenvalue weighted by Crippen LogP contribution is 2.22. The van der Waals surface area contributed by atoms with E-state index >= 15 is 0 Å². The Bertz CT molecular complexity index is 1060. The van der Waals surface area contributed by atoms with Crippen LogP contribution >= 0.6 is 0 Å². The predicted molar refractivity (Wildman–Crippen MR) is 99.4 cm³/mol. The first-order valence-electron chi connectivity index (χ1n) is 8.72. The van der Waals surface area contributed by atoms with E-state index < -0.39 is 17.7 Å². The molecule has 1 aromatic heterocycles. The first kappa shape index (κ1) is 18.3. The van der Waals surface area contributed by atoms with E-state index in [4.69, 9.17) is 4.74 Å². The molecule has 0 unspecified atom stereocenters. The number of amides is 3. The van der Waals surface area contributed by atoms with Crippen LogP contribution in [0, 0.1) is 0 Å². The third-order valence-corrected chi connectivity index (χ3v) is 4.47. The largest absolute Gasteiger partial charge is 0.497 e. The Kier molecular flexibility index (Phi) is 4.73. The molecule has 10 heteroatoms. The fourth-order valence-electron chi connectivity index (χ4n) is 3.00. The van der Waals surface area contributed by atoms with Crippen LogP contribution in [0.15, 0.2) is 48.5 Å². The summed E-state index contributed by atoms with van der Waals surface area (Å²) in [4.78, 5) is 37.9. The summed E-state index contributed by atoms with van der Waals surface area (Å²) < 4.78 is 6.60. The highest BCUT2D eigenvalue weighted by atomic mass is 16.5. The Morgan fingerprint density at radius 2 is 1.69 bits per heavy atom. The molecule has 3 amide bonds. The number of tetrazole rings is 1. The van der Waals surface area contributed by atoms with Crippen molar-refractivity contribution in [1.82, 2.24) is 30.4 Å². The van der Waals surface area contributed by atoms with E-state index in [2.05, 4.69) is 20.8 Å². The minimum Gasteiger partial charge on any atom is -0.497 e. The Morgan fingerprint density at radius 1 is 1.03 bits per heavy atom. The predicted octanol–water partition coefficient (Wildman–Crippen LogP) is 0.583. The molecule has 29 heavy (non-hydrogen) atoms. The molecule has 1 aliphatic rings. The maximum atomic E-state index is 12.3. The molecule has 146 valence electrons. The number of carbonyl (C=O) groups excluding carboxylic acids is 3. The van der Waals surface area contributed by atoms with Crippen LogP contribution in [0.5, 0.6) is 5.75 Å². The first-order valence-corrected chi connectivity index (χ1v) is 8.72. The Hall–Kier alpha value is -4.08. The summed E-state index contributed by atoms with van der Waals surface area (Å²) in [6.07, 6.45) is 0. The monoisotopic (exact) mass is 392 g/mol. The number of hydrogen-bond donors (Lipinski definition) is 1. The minimum atomic E-state index is -0.496. The summed E-state index contributed by atoms with van der Waals surface area (Å²) in [5, 5.41) is 14.1. The van der Waals surface area contributed by atoms with Crippen molar-refractivity contribution in [2.75, 3.05) is 13.7 Å². The van der Waals surface area contributed by atoms with Gasteiger partial charge in [-0.25, -0.2) is 0 Å². The number of aromatic nitrogens is 4. The number of rotatable bonds is 6. The second-order valence-electron chi connectivity index (χ2n) is 6.22. The zero-order valence-corrected chi connectivity index (χ0v) is 15.4. The molecule has 0 aliphatic carbocycles. The van der Waals surface area contributed by atoms with Gasteiger partial charge in [-0.05, 0) is 46.8 Å². The van der Waals surface area contributed by atoms with Gasteiger partial charge >= 0.3 is 0 Å². The van der Waals surface area contributed by atoms with Gasteiger partial charge in [0.25, 0.3) is 11.8 Å². The molecule has 2 aromatic carbocycles. The molecule has 0 atom stereocenters. The summed E-state index contributed by atoms with van der Waals surface area (Å²) in [7, 11) is 1.57. The molecule has 0 radical (unpaired) electrons. The lowest BCUT2D eigenvalue weighted by Gasteiger charge is -2.13. The van der Waals surface area contributed by atoms with Crippen LogP contribution in [0.4, 0.5) is 0 Å². The maximum Gasteiger partial charge on any atom is 0.262 e. The molecule has 0 saturated heterocycles. The number of methoxy groups -OCH3 is 1. The van der Waals surface area contributed by atoms with Crippen molar-refractivity contribution in [1.29, 1.82) is 0 Å². The molecule has 0 fully saturated rings. The van der Waals surface area contributed by atoms with Crippen LogP contribution < -0.4 is 10.1 Å². The molecule has 4 rings (SSSR count). The summed E-state index contributed by atoms with van der Waals surface area (Å²) in [5.74, 6) is -0.375. The number of imide groups is 1.